The van der Waals surface area contributed by atoms with Crippen molar-refractivity contribution in [3.8, 4) is 5.69 Å². The lowest BCUT2D eigenvalue weighted by atomic mass is 9.71. The highest BCUT2D eigenvalue weighted by molar-refractivity contribution is 5.91. The molecule has 1 aliphatic rings. The first kappa shape index (κ1) is 19.3. The Morgan fingerprint density at radius 1 is 1.32 bits per heavy atom. The van der Waals surface area contributed by atoms with Crippen LogP contribution in [-0.2, 0) is 4.79 Å². The number of carbonyl (C=O) groups excluding carboxylic acids is 1. The van der Waals surface area contributed by atoms with Gasteiger partial charge in [0.05, 0.1) is 5.69 Å². The van der Waals surface area contributed by atoms with Crippen LogP contribution in [0.5, 0.6) is 0 Å². The number of halogens is 1. The molecule has 1 aliphatic carbocycles. The average molecular weight is 365 g/mol. The van der Waals surface area contributed by atoms with Gasteiger partial charge in [0.15, 0.2) is 5.82 Å². The highest BCUT2D eigenvalue weighted by atomic mass is 35.5. The number of aryl methyl sites for hydroxylation is 1. The number of tetrazole rings is 1. The predicted molar refractivity (Wildman–Crippen MR) is 99.0 cm³/mol. The highest BCUT2D eigenvalue weighted by Crippen LogP contribution is 2.38. The van der Waals surface area contributed by atoms with Crippen molar-refractivity contribution in [3.05, 3.63) is 30.1 Å². The van der Waals surface area contributed by atoms with E-state index in [-0.39, 0.29) is 23.7 Å². The second kappa shape index (κ2) is 8.40. The second-order valence-electron chi connectivity index (χ2n) is 6.68. The van der Waals surface area contributed by atoms with Gasteiger partial charge in [-0.3, -0.25) is 4.79 Å². The largest absolute Gasteiger partial charge is 0.330 e. The molecule has 1 amide bonds. The van der Waals surface area contributed by atoms with Crippen LogP contribution in [0.1, 0.15) is 44.3 Å². The van der Waals surface area contributed by atoms with E-state index in [9.17, 15) is 4.79 Å². The molecule has 1 heterocycles. The summed E-state index contributed by atoms with van der Waals surface area (Å²) >= 11 is 0. The lowest BCUT2D eigenvalue weighted by Gasteiger charge is -2.35. The van der Waals surface area contributed by atoms with Crippen LogP contribution in [-0.4, -0.2) is 32.7 Å². The van der Waals surface area contributed by atoms with Crippen molar-refractivity contribution in [2.24, 2.45) is 11.1 Å². The predicted octanol–water partition coefficient (Wildman–Crippen LogP) is 2.63. The van der Waals surface area contributed by atoms with Crippen molar-refractivity contribution in [1.29, 1.82) is 0 Å². The molecule has 0 aliphatic heterocycles. The molecule has 0 atom stereocenters. The third-order valence-corrected chi connectivity index (χ3v) is 4.88. The molecule has 25 heavy (non-hydrogen) atoms. The van der Waals surface area contributed by atoms with Crippen LogP contribution in [0.4, 0.5) is 5.69 Å². The fourth-order valence-corrected chi connectivity index (χ4v) is 3.49. The van der Waals surface area contributed by atoms with Crippen molar-refractivity contribution in [3.63, 3.8) is 0 Å². The maximum atomic E-state index is 12.5. The standard InChI is InChI=1S/C17H24N6O.ClH/c1-13-20-21-22-23(13)15-7-5-6-14(10-15)19-16(24)11-17(12-18)8-3-2-4-9-17;/h5-7,10H,2-4,8-9,11-12,18H2,1H3,(H,19,24);1H. The number of aromatic nitrogens is 4. The lowest BCUT2D eigenvalue weighted by Crippen LogP contribution is -2.36. The Balaban J connectivity index is 0.00000225. The van der Waals surface area contributed by atoms with Gasteiger partial charge in [-0.2, -0.15) is 4.68 Å². The Kier molecular flexibility index (Phi) is 6.50. The Hall–Kier alpha value is -1.99. The molecule has 1 saturated carbocycles. The zero-order chi connectivity index (χ0) is 17.0. The van der Waals surface area contributed by atoms with Crippen molar-refractivity contribution < 1.29 is 4.79 Å². The number of nitrogens with one attached hydrogen (secondary N) is 1. The SMILES string of the molecule is Cc1nnnn1-c1cccc(NC(=O)CC2(CN)CCCCC2)c1.Cl. The molecule has 0 spiro atoms. The monoisotopic (exact) mass is 364 g/mol. The van der Waals surface area contributed by atoms with Crippen molar-refractivity contribution in [1.82, 2.24) is 20.2 Å². The lowest BCUT2D eigenvalue weighted by molar-refractivity contribution is -0.118. The molecule has 3 rings (SSSR count). The van der Waals surface area contributed by atoms with E-state index in [0.29, 0.717) is 18.8 Å². The highest BCUT2D eigenvalue weighted by Gasteiger charge is 2.32. The van der Waals surface area contributed by atoms with E-state index in [1.54, 1.807) is 4.68 Å². The zero-order valence-electron chi connectivity index (χ0n) is 14.4. The number of nitrogens with zero attached hydrogens (tertiary/aromatic N) is 4. The summed E-state index contributed by atoms with van der Waals surface area (Å²) in [5.41, 5.74) is 7.51. The normalized spacial score (nSPS) is 16.1. The van der Waals surface area contributed by atoms with Crippen LogP contribution < -0.4 is 11.1 Å². The average Bonchev–Trinajstić information content (AvgIpc) is 3.02. The van der Waals surface area contributed by atoms with Gasteiger partial charge in [0.25, 0.3) is 0 Å². The Bertz CT molecular complexity index is 711. The summed E-state index contributed by atoms with van der Waals surface area (Å²) in [6, 6.07) is 7.53. The molecule has 1 aromatic carbocycles. The van der Waals surface area contributed by atoms with Crippen LogP contribution in [0, 0.1) is 12.3 Å². The Labute approximate surface area is 153 Å². The molecule has 2 aromatic rings. The van der Waals surface area contributed by atoms with Crippen LogP contribution in [0.2, 0.25) is 0 Å². The molecule has 0 unspecified atom stereocenters. The van der Waals surface area contributed by atoms with Gasteiger partial charge in [-0.25, -0.2) is 0 Å². The number of hydrogen-bond donors (Lipinski definition) is 2. The van der Waals surface area contributed by atoms with E-state index >= 15 is 0 Å². The summed E-state index contributed by atoms with van der Waals surface area (Å²) in [5.74, 6) is 0.718. The molecule has 0 radical (unpaired) electrons. The molecule has 0 bridgehead atoms. The first-order valence-corrected chi connectivity index (χ1v) is 8.47. The molecule has 1 fully saturated rings. The zero-order valence-corrected chi connectivity index (χ0v) is 15.3. The third kappa shape index (κ3) is 4.55. The first-order chi connectivity index (χ1) is 11.6. The molecule has 136 valence electrons. The molecule has 1 aromatic heterocycles. The third-order valence-electron chi connectivity index (χ3n) is 4.88. The smallest absolute Gasteiger partial charge is 0.224 e. The minimum absolute atomic E-state index is 0. The van der Waals surface area contributed by atoms with E-state index in [2.05, 4.69) is 20.8 Å². The van der Waals surface area contributed by atoms with Gasteiger partial charge in [0.1, 0.15) is 0 Å². The van der Waals surface area contributed by atoms with E-state index in [1.165, 1.54) is 19.3 Å². The van der Waals surface area contributed by atoms with Gasteiger partial charge < -0.3 is 11.1 Å². The Morgan fingerprint density at radius 3 is 2.72 bits per heavy atom. The van der Waals surface area contributed by atoms with E-state index in [0.717, 1.165) is 24.2 Å². The number of carbonyl (C=O) groups is 1. The number of anilines is 1. The summed E-state index contributed by atoms with van der Waals surface area (Å²) in [6.45, 7) is 2.41. The summed E-state index contributed by atoms with van der Waals surface area (Å²) in [7, 11) is 0. The van der Waals surface area contributed by atoms with E-state index < -0.39 is 0 Å². The topological polar surface area (TPSA) is 98.7 Å². The molecular weight excluding hydrogens is 340 g/mol. The van der Waals surface area contributed by atoms with E-state index in [4.69, 9.17) is 5.73 Å². The number of nitrogens with two attached hydrogens (primary N) is 1. The second-order valence-corrected chi connectivity index (χ2v) is 6.68. The number of benzene rings is 1. The van der Waals surface area contributed by atoms with Crippen molar-refractivity contribution in [2.45, 2.75) is 45.4 Å². The van der Waals surface area contributed by atoms with Crippen molar-refractivity contribution >= 4 is 24.0 Å². The molecule has 7 nitrogen and oxygen atoms in total. The number of hydrogen-bond acceptors (Lipinski definition) is 5. The quantitative estimate of drug-likeness (QED) is 0.849. The van der Waals surface area contributed by atoms with Gasteiger partial charge in [0.2, 0.25) is 5.91 Å². The first-order valence-electron chi connectivity index (χ1n) is 8.47. The maximum Gasteiger partial charge on any atom is 0.224 e. The summed E-state index contributed by atoms with van der Waals surface area (Å²) in [6.07, 6.45) is 6.15. The van der Waals surface area contributed by atoms with Crippen LogP contribution in [0.3, 0.4) is 0 Å². The Morgan fingerprint density at radius 2 is 2.08 bits per heavy atom. The van der Waals surface area contributed by atoms with Gasteiger partial charge in [0, 0.05) is 12.1 Å². The fourth-order valence-electron chi connectivity index (χ4n) is 3.49. The number of rotatable bonds is 5. The van der Waals surface area contributed by atoms with Crippen LogP contribution >= 0.6 is 12.4 Å². The van der Waals surface area contributed by atoms with Crippen LogP contribution in [0.15, 0.2) is 24.3 Å². The summed E-state index contributed by atoms with van der Waals surface area (Å²) in [4.78, 5) is 12.5. The van der Waals surface area contributed by atoms with Gasteiger partial charge >= 0.3 is 0 Å². The summed E-state index contributed by atoms with van der Waals surface area (Å²) < 4.78 is 1.64. The minimum atomic E-state index is -0.0354. The molecular formula is C17H25ClN6O. The van der Waals surface area contributed by atoms with Gasteiger partial charge in [-0.05, 0) is 60.4 Å². The van der Waals surface area contributed by atoms with Crippen molar-refractivity contribution in [2.75, 3.05) is 11.9 Å². The fraction of sp³-hybridized carbons (Fsp3) is 0.529. The molecule has 0 saturated heterocycles. The minimum Gasteiger partial charge on any atom is -0.330 e. The summed E-state index contributed by atoms with van der Waals surface area (Å²) in [5, 5.41) is 14.5. The molecule has 8 heteroatoms. The number of amides is 1. The van der Waals surface area contributed by atoms with E-state index in [1.807, 2.05) is 31.2 Å². The van der Waals surface area contributed by atoms with Gasteiger partial charge in [-0.15, -0.1) is 17.5 Å². The molecule has 3 N–H and O–H groups in total. The van der Waals surface area contributed by atoms with Gasteiger partial charge in [-0.1, -0.05) is 25.3 Å². The van der Waals surface area contributed by atoms with Crippen LogP contribution in [0.25, 0.3) is 5.69 Å². The maximum absolute atomic E-state index is 12.5.